The van der Waals surface area contributed by atoms with Gasteiger partial charge in [0.1, 0.15) is 0 Å². The Bertz CT molecular complexity index is 1120. The van der Waals surface area contributed by atoms with E-state index >= 15 is 0 Å². The first-order chi connectivity index (χ1) is 14.2. The molecule has 1 saturated carbocycles. The summed E-state index contributed by atoms with van der Waals surface area (Å²) in [6, 6.07) is 15.0. The minimum atomic E-state index is 0.463. The van der Waals surface area contributed by atoms with Crippen molar-refractivity contribution in [3.63, 3.8) is 0 Å². The van der Waals surface area contributed by atoms with Crippen molar-refractivity contribution in [1.82, 2.24) is 15.0 Å². The van der Waals surface area contributed by atoms with Crippen LogP contribution >= 0.6 is 11.3 Å². The van der Waals surface area contributed by atoms with Crippen molar-refractivity contribution in [2.75, 3.05) is 11.9 Å². The van der Waals surface area contributed by atoms with Crippen molar-refractivity contribution in [1.29, 1.82) is 0 Å². The molecule has 0 bridgehead atoms. The third-order valence-electron chi connectivity index (χ3n) is 5.31. The van der Waals surface area contributed by atoms with Gasteiger partial charge < -0.3 is 10.1 Å². The maximum atomic E-state index is 5.68. The molecule has 1 N–H and O–H groups in total. The predicted octanol–water partition coefficient (Wildman–Crippen LogP) is 5.98. The Labute approximate surface area is 173 Å². The van der Waals surface area contributed by atoms with Gasteiger partial charge in [0.15, 0.2) is 5.13 Å². The third-order valence-corrected chi connectivity index (χ3v) is 6.25. The molecule has 4 aromatic rings. The van der Waals surface area contributed by atoms with Crippen LogP contribution in [0.3, 0.4) is 0 Å². The van der Waals surface area contributed by atoms with Gasteiger partial charge in [0.05, 0.1) is 16.8 Å². The second-order valence-electron chi connectivity index (χ2n) is 7.55. The molecule has 1 fully saturated rings. The van der Waals surface area contributed by atoms with Crippen molar-refractivity contribution in [3.05, 3.63) is 60.4 Å². The molecule has 2 aromatic carbocycles. The molecule has 2 aromatic heterocycles. The molecule has 0 unspecified atom stereocenters. The van der Waals surface area contributed by atoms with E-state index in [4.69, 9.17) is 4.74 Å². The first-order valence-corrected chi connectivity index (χ1v) is 10.7. The van der Waals surface area contributed by atoms with Crippen LogP contribution in [-0.4, -0.2) is 21.6 Å². The van der Waals surface area contributed by atoms with E-state index in [1.807, 2.05) is 24.5 Å². The van der Waals surface area contributed by atoms with Crippen LogP contribution in [0.5, 0.6) is 6.01 Å². The SMILES string of the molecule is Cc1ccc2nc(Nc3ccc(-c4cnc(OCC5CCC5)nc4)cc3)sc2c1. The number of nitrogens with zero attached hydrogens (tertiary/aromatic N) is 3. The van der Waals surface area contributed by atoms with E-state index in [0.29, 0.717) is 11.9 Å². The van der Waals surface area contributed by atoms with Crippen molar-refractivity contribution < 1.29 is 4.74 Å². The summed E-state index contributed by atoms with van der Waals surface area (Å²) in [5, 5.41) is 4.29. The number of hydrogen-bond donors (Lipinski definition) is 1. The summed E-state index contributed by atoms with van der Waals surface area (Å²) >= 11 is 1.66. The van der Waals surface area contributed by atoms with Gasteiger partial charge in [-0.05, 0) is 61.1 Å². The zero-order chi connectivity index (χ0) is 19.6. The highest BCUT2D eigenvalue weighted by Gasteiger charge is 2.18. The molecule has 0 saturated heterocycles. The fourth-order valence-corrected chi connectivity index (χ4v) is 4.33. The number of aryl methyl sites for hydroxylation is 1. The number of aromatic nitrogens is 3. The van der Waals surface area contributed by atoms with Gasteiger partial charge in [0.2, 0.25) is 0 Å². The van der Waals surface area contributed by atoms with Crippen LogP contribution in [0.1, 0.15) is 24.8 Å². The molecule has 0 radical (unpaired) electrons. The fourth-order valence-electron chi connectivity index (χ4n) is 3.35. The van der Waals surface area contributed by atoms with Gasteiger partial charge in [0, 0.05) is 23.6 Å². The topological polar surface area (TPSA) is 59.9 Å². The van der Waals surface area contributed by atoms with E-state index in [9.17, 15) is 0 Å². The van der Waals surface area contributed by atoms with Crippen LogP contribution in [-0.2, 0) is 0 Å². The zero-order valence-electron chi connectivity index (χ0n) is 16.3. The second kappa shape index (κ2) is 7.79. The molecule has 1 aliphatic carbocycles. The number of fused-ring (bicyclic) bond motifs is 1. The van der Waals surface area contributed by atoms with Gasteiger partial charge in [-0.3, -0.25) is 0 Å². The molecule has 0 atom stereocenters. The molecule has 5 rings (SSSR count). The Morgan fingerprint density at radius 2 is 1.83 bits per heavy atom. The number of ether oxygens (including phenoxy) is 1. The molecule has 2 heterocycles. The lowest BCUT2D eigenvalue weighted by Crippen LogP contribution is -2.19. The quantitative estimate of drug-likeness (QED) is 0.430. The number of anilines is 2. The average molecular weight is 403 g/mol. The maximum absolute atomic E-state index is 5.68. The number of nitrogens with one attached hydrogen (secondary N) is 1. The highest BCUT2D eigenvalue weighted by Crippen LogP contribution is 2.30. The smallest absolute Gasteiger partial charge is 0.316 e. The average Bonchev–Trinajstić information content (AvgIpc) is 3.09. The highest BCUT2D eigenvalue weighted by molar-refractivity contribution is 7.22. The summed E-state index contributed by atoms with van der Waals surface area (Å²) in [6.07, 6.45) is 7.48. The van der Waals surface area contributed by atoms with Crippen LogP contribution in [0, 0.1) is 12.8 Å². The van der Waals surface area contributed by atoms with Crippen LogP contribution < -0.4 is 10.1 Å². The van der Waals surface area contributed by atoms with Gasteiger partial charge >= 0.3 is 6.01 Å². The summed E-state index contributed by atoms with van der Waals surface area (Å²) < 4.78 is 6.88. The first-order valence-electron chi connectivity index (χ1n) is 9.92. The van der Waals surface area contributed by atoms with Gasteiger partial charge in [0.25, 0.3) is 0 Å². The Kier molecular flexibility index (Phi) is 4.86. The van der Waals surface area contributed by atoms with Gasteiger partial charge in [-0.15, -0.1) is 0 Å². The summed E-state index contributed by atoms with van der Waals surface area (Å²) in [6.45, 7) is 2.83. The Morgan fingerprint density at radius 1 is 1.03 bits per heavy atom. The number of thiazole rings is 1. The van der Waals surface area contributed by atoms with Crippen molar-refractivity contribution in [3.8, 4) is 17.1 Å². The zero-order valence-corrected chi connectivity index (χ0v) is 17.1. The van der Waals surface area contributed by atoms with E-state index in [1.54, 1.807) is 11.3 Å². The van der Waals surface area contributed by atoms with Crippen molar-refractivity contribution in [2.45, 2.75) is 26.2 Å². The maximum Gasteiger partial charge on any atom is 0.316 e. The monoisotopic (exact) mass is 402 g/mol. The summed E-state index contributed by atoms with van der Waals surface area (Å²) in [5.41, 5.74) is 5.32. The number of rotatable bonds is 6. The Hall–Kier alpha value is -2.99. The number of hydrogen-bond acceptors (Lipinski definition) is 6. The van der Waals surface area contributed by atoms with Crippen LogP contribution in [0.2, 0.25) is 0 Å². The van der Waals surface area contributed by atoms with Gasteiger partial charge in [-0.25, -0.2) is 15.0 Å². The lowest BCUT2D eigenvalue weighted by Gasteiger charge is -2.24. The van der Waals surface area contributed by atoms with E-state index in [1.165, 1.54) is 29.5 Å². The minimum Gasteiger partial charge on any atom is -0.463 e. The summed E-state index contributed by atoms with van der Waals surface area (Å²) in [4.78, 5) is 13.4. The molecule has 5 nitrogen and oxygen atoms in total. The largest absolute Gasteiger partial charge is 0.463 e. The lowest BCUT2D eigenvalue weighted by atomic mass is 9.86. The normalized spacial score (nSPS) is 14.0. The lowest BCUT2D eigenvalue weighted by molar-refractivity contribution is 0.170. The molecule has 0 aliphatic heterocycles. The van der Waals surface area contributed by atoms with Crippen LogP contribution in [0.15, 0.2) is 54.9 Å². The summed E-state index contributed by atoms with van der Waals surface area (Å²) in [5.74, 6) is 0.678. The predicted molar refractivity (Wildman–Crippen MR) is 118 cm³/mol. The molecular formula is C23H22N4OS. The first kappa shape index (κ1) is 18.1. The Balaban J connectivity index is 1.25. The molecule has 0 spiro atoms. The van der Waals surface area contributed by atoms with E-state index in [-0.39, 0.29) is 0 Å². The molecule has 29 heavy (non-hydrogen) atoms. The van der Waals surface area contributed by atoms with Gasteiger partial charge in [-0.1, -0.05) is 36.0 Å². The fraction of sp³-hybridized carbons (Fsp3) is 0.261. The second-order valence-corrected chi connectivity index (χ2v) is 8.59. The highest BCUT2D eigenvalue weighted by atomic mass is 32.1. The molecule has 0 amide bonds. The third kappa shape index (κ3) is 4.07. The Morgan fingerprint density at radius 3 is 2.55 bits per heavy atom. The number of benzene rings is 2. The standard InChI is InChI=1S/C23H22N4OS/c1-15-5-10-20-21(11-15)29-23(27-20)26-19-8-6-17(7-9-19)18-12-24-22(25-13-18)28-14-16-3-2-4-16/h5-13,16H,2-4,14H2,1H3,(H,26,27). The minimum absolute atomic E-state index is 0.463. The molecule has 6 heteroatoms. The van der Waals surface area contributed by atoms with E-state index in [0.717, 1.165) is 34.1 Å². The van der Waals surface area contributed by atoms with E-state index in [2.05, 4.69) is 57.5 Å². The van der Waals surface area contributed by atoms with E-state index < -0.39 is 0 Å². The molecule has 146 valence electrons. The van der Waals surface area contributed by atoms with Gasteiger partial charge in [-0.2, -0.15) is 0 Å². The molecule has 1 aliphatic rings. The van der Waals surface area contributed by atoms with Crippen molar-refractivity contribution >= 4 is 32.4 Å². The summed E-state index contributed by atoms with van der Waals surface area (Å²) in [7, 11) is 0. The van der Waals surface area contributed by atoms with Crippen LogP contribution in [0.4, 0.5) is 10.8 Å². The molecular weight excluding hydrogens is 380 g/mol. The van der Waals surface area contributed by atoms with Crippen molar-refractivity contribution in [2.24, 2.45) is 5.92 Å². The van der Waals surface area contributed by atoms with Crippen LogP contribution in [0.25, 0.3) is 21.3 Å².